The number of pyridine rings is 1. The molecule has 0 bridgehead atoms. The molecule has 0 aliphatic rings. The molecule has 0 unspecified atom stereocenters. The van der Waals surface area contributed by atoms with E-state index in [1.165, 1.54) is 6.07 Å². The summed E-state index contributed by atoms with van der Waals surface area (Å²) in [6, 6.07) is 2.22. The van der Waals surface area contributed by atoms with Crippen molar-refractivity contribution in [2.75, 3.05) is 0 Å². The van der Waals surface area contributed by atoms with Gasteiger partial charge in [-0.25, -0.2) is 4.98 Å². The number of aromatic nitrogens is 1. The van der Waals surface area contributed by atoms with Crippen LogP contribution in [0.2, 0.25) is 0 Å². The molecule has 1 nitrogen and oxygen atoms in total. The summed E-state index contributed by atoms with van der Waals surface area (Å²) in [5, 5.41) is 0. The average Bonchev–Trinajstić information content (AvgIpc) is 2.00. The van der Waals surface area contributed by atoms with Gasteiger partial charge in [0.25, 0.3) is 0 Å². The Balaban J connectivity index is 0.00000169. The van der Waals surface area contributed by atoms with E-state index in [4.69, 9.17) is 0 Å². The smallest absolute Gasteiger partial charge is 0.445 e. The number of halogens is 4. The van der Waals surface area contributed by atoms with Crippen LogP contribution >= 0.6 is 0 Å². The normalized spacial score (nSPS) is 11.4. The van der Waals surface area contributed by atoms with Crippen molar-refractivity contribution in [3.63, 3.8) is 0 Å². The molecule has 1 rings (SSSR count). The van der Waals surface area contributed by atoms with E-state index in [-0.39, 0.29) is 62.9 Å². The van der Waals surface area contributed by atoms with Gasteiger partial charge in [-0.2, -0.15) is 4.39 Å². The molecule has 0 aliphatic carbocycles. The predicted molar refractivity (Wildman–Crippen MR) is 42.3 cm³/mol. The first-order chi connectivity index (χ1) is 5.97. The maximum Gasteiger partial charge on any atom is 1.00 e. The van der Waals surface area contributed by atoms with Gasteiger partial charge in [0.2, 0.25) is 5.95 Å². The molecule has 1 heterocycles. The second-order valence-electron chi connectivity index (χ2n) is 2.40. The van der Waals surface area contributed by atoms with Crippen LogP contribution in [0.1, 0.15) is 5.56 Å². The molecule has 7 heteroatoms. The Hall–Kier alpha value is 0.311. The van der Waals surface area contributed by atoms with Crippen LogP contribution in [0.3, 0.4) is 0 Å². The third-order valence-corrected chi connectivity index (χ3v) is 1.26. The molecule has 0 radical (unpaired) electrons. The third kappa shape index (κ3) is 5.92. The molecule has 0 spiro atoms. The van der Waals surface area contributed by atoms with E-state index in [1.54, 1.807) is 0 Å². The average molecular weight is 229 g/mol. The van der Waals surface area contributed by atoms with E-state index < -0.39 is 12.9 Å². The summed E-state index contributed by atoms with van der Waals surface area (Å²) >= 11 is 0. The van der Waals surface area contributed by atoms with Gasteiger partial charge in [-0.1, -0.05) is 6.08 Å². The van der Waals surface area contributed by atoms with E-state index in [0.717, 1.165) is 18.3 Å². The van der Waals surface area contributed by atoms with E-state index in [9.17, 15) is 17.3 Å². The van der Waals surface area contributed by atoms with E-state index in [1.807, 2.05) is 0 Å². The third-order valence-electron chi connectivity index (χ3n) is 1.26. The van der Waals surface area contributed by atoms with Crippen molar-refractivity contribution >= 4 is 13.1 Å². The summed E-state index contributed by atoms with van der Waals surface area (Å²) in [7, 11) is 0. The van der Waals surface area contributed by atoms with E-state index >= 15 is 0 Å². The SMILES string of the molecule is Fc1cc(/C=C/[B-](F)(F)F)ccn1.[K+]. The number of hydrogen-bond acceptors (Lipinski definition) is 1. The van der Waals surface area contributed by atoms with Gasteiger partial charge in [0.05, 0.1) is 0 Å². The minimum Gasteiger partial charge on any atom is -0.445 e. The molecule has 0 N–H and O–H groups in total. The number of hydrogen-bond donors (Lipinski definition) is 0. The van der Waals surface area contributed by atoms with Crippen molar-refractivity contribution in [2.45, 2.75) is 0 Å². The Kier molecular flexibility index (Phi) is 6.15. The fourth-order valence-corrected chi connectivity index (χ4v) is 0.741. The summed E-state index contributed by atoms with van der Waals surface area (Å²) in [5.74, 6) is -0.689. The van der Waals surface area contributed by atoms with Crippen molar-refractivity contribution in [1.82, 2.24) is 4.98 Å². The second-order valence-corrected chi connectivity index (χ2v) is 2.40. The van der Waals surface area contributed by atoms with Crippen LogP contribution in [0.15, 0.2) is 24.3 Å². The zero-order valence-electron chi connectivity index (χ0n) is 7.42. The maximum absolute atomic E-state index is 12.4. The first-order valence-corrected chi connectivity index (χ1v) is 3.48. The van der Waals surface area contributed by atoms with Gasteiger partial charge >= 0.3 is 58.4 Å². The quantitative estimate of drug-likeness (QED) is 0.383. The van der Waals surface area contributed by atoms with Crippen molar-refractivity contribution in [2.24, 2.45) is 0 Å². The van der Waals surface area contributed by atoms with Crippen LogP contribution in [0.5, 0.6) is 0 Å². The monoisotopic (exact) mass is 229 g/mol. The second kappa shape index (κ2) is 6.02. The summed E-state index contributed by atoms with van der Waals surface area (Å²) in [6.07, 6.45) is 1.92. The number of rotatable bonds is 2. The predicted octanol–water partition coefficient (Wildman–Crippen LogP) is -0.375. The van der Waals surface area contributed by atoms with Crippen LogP contribution in [-0.2, 0) is 0 Å². The Morgan fingerprint density at radius 3 is 2.43 bits per heavy atom. The molecular formula is C7H5BF4KN. The fraction of sp³-hybridized carbons (Fsp3) is 0. The Morgan fingerprint density at radius 2 is 1.93 bits per heavy atom. The van der Waals surface area contributed by atoms with E-state index in [2.05, 4.69) is 4.98 Å². The van der Waals surface area contributed by atoms with Crippen molar-refractivity contribution in [3.8, 4) is 0 Å². The van der Waals surface area contributed by atoms with Crippen molar-refractivity contribution < 1.29 is 68.7 Å². The molecule has 1 aromatic rings. The Bertz CT molecular complexity index is 326. The fourth-order valence-electron chi connectivity index (χ4n) is 0.741. The van der Waals surface area contributed by atoms with Crippen LogP contribution in [0, 0.1) is 5.95 Å². The first kappa shape index (κ1) is 14.3. The molecule has 14 heavy (non-hydrogen) atoms. The minimum atomic E-state index is -4.96. The van der Waals surface area contributed by atoms with Gasteiger partial charge < -0.3 is 12.9 Å². The van der Waals surface area contributed by atoms with Gasteiger partial charge in [-0.05, 0) is 11.6 Å². The first-order valence-electron chi connectivity index (χ1n) is 3.48. The molecule has 1 aromatic heterocycles. The van der Waals surface area contributed by atoms with Crippen LogP contribution in [0.25, 0.3) is 6.08 Å². The summed E-state index contributed by atoms with van der Waals surface area (Å²) < 4.78 is 47.5. The van der Waals surface area contributed by atoms with Crippen LogP contribution in [-0.4, -0.2) is 12.0 Å². The minimum absolute atomic E-state index is 0. The molecule has 0 atom stereocenters. The standard InChI is InChI=1S/C7H5BF4N.K/c9-7-5-6(2-4-13-7)1-3-8(10,11)12;/h1-5H;/q-1;+1/b3-1+;. The van der Waals surface area contributed by atoms with Crippen molar-refractivity contribution in [3.05, 3.63) is 35.8 Å². The molecule has 0 saturated carbocycles. The molecule has 0 saturated heterocycles. The molecule has 0 fully saturated rings. The molecule has 70 valence electrons. The molecule has 0 aromatic carbocycles. The molecule has 0 aliphatic heterocycles. The van der Waals surface area contributed by atoms with Crippen LogP contribution in [0.4, 0.5) is 17.3 Å². The van der Waals surface area contributed by atoms with Gasteiger partial charge in [-0.3, -0.25) is 0 Å². The zero-order valence-corrected chi connectivity index (χ0v) is 10.5. The summed E-state index contributed by atoms with van der Waals surface area (Å²) in [4.78, 5) is 3.21. The van der Waals surface area contributed by atoms with Gasteiger partial charge in [0.1, 0.15) is 0 Å². The van der Waals surface area contributed by atoms with E-state index in [0.29, 0.717) is 0 Å². The van der Waals surface area contributed by atoms with Crippen LogP contribution < -0.4 is 51.4 Å². The zero-order chi connectivity index (χ0) is 9.90. The summed E-state index contributed by atoms with van der Waals surface area (Å²) in [6.45, 7) is -4.96. The van der Waals surface area contributed by atoms with Crippen molar-refractivity contribution in [1.29, 1.82) is 0 Å². The number of nitrogens with zero attached hydrogens (tertiary/aromatic N) is 1. The Morgan fingerprint density at radius 1 is 1.29 bits per heavy atom. The topological polar surface area (TPSA) is 12.9 Å². The molecule has 0 amide bonds. The maximum atomic E-state index is 12.4. The van der Waals surface area contributed by atoms with Gasteiger partial charge in [0.15, 0.2) is 0 Å². The Labute approximate surface area is 121 Å². The van der Waals surface area contributed by atoms with Gasteiger partial charge in [-0.15, -0.1) is 5.98 Å². The van der Waals surface area contributed by atoms with Gasteiger partial charge in [0, 0.05) is 12.3 Å². The largest absolute Gasteiger partial charge is 1.00 e. The summed E-state index contributed by atoms with van der Waals surface area (Å²) in [5.41, 5.74) is 0.145. The molecular weight excluding hydrogens is 224 g/mol.